The number of nitrogens with one attached hydrogen (secondary N) is 2. The van der Waals surface area contributed by atoms with Crippen LogP contribution < -0.4 is 10.6 Å². The maximum Gasteiger partial charge on any atom is 0.234 e. The number of aryl methyl sites for hydroxylation is 1. The number of hydrogen-bond donors (Lipinski definition) is 2. The summed E-state index contributed by atoms with van der Waals surface area (Å²) in [6.07, 6.45) is 2.07. The Hall–Kier alpha value is -2.51. The minimum absolute atomic E-state index is 0.0216. The Morgan fingerprint density at radius 1 is 1.31 bits per heavy atom. The molecule has 2 aromatic rings. The molecule has 1 amide bonds. The van der Waals surface area contributed by atoms with Crippen molar-refractivity contribution in [3.63, 3.8) is 0 Å². The number of ether oxygens (including phenoxy) is 1. The number of amides is 1. The number of pyridine rings is 1. The normalized spacial score (nSPS) is 17.1. The summed E-state index contributed by atoms with van der Waals surface area (Å²) in [5.74, 6) is 0.0181. The van der Waals surface area contributed by atoms with Crippen molar-refractivity contribution >= 4 is 17.3 Å². The smallest absolute Gasteiger partial charge is 0.234 e. The third-order valence-corrected chi connectivity index (χ3v) is 5.01. The van der Waals surface area contributed by atoms with Crippen molar-refractivity contribution in [3.05, 3.63) is 53.6 Å². The predicted octanol–water partition coefficient (Wildman–Crippen LogP) is 3.21. The third kappa shape index (κ3) is 6.51. The number of halogens is 1. The Morgan fingerprint density at radius 2 is 2.17 bits per heavy atom. The van der Waals surface area contributed by atoms with Crippen LogP contribution in [0.25, 0.3) is 0 Å². The zero-order valence-electron chi connectivity index (χ0n) is 17.1. The molecular formula is C22H29FN4O2. The van der Waals surface area contributed by atoms with Gasteiger partial charge in [-0.15, -0.1) is 0 Å². The van der Waals surface area contributed by atoms with Gasteiger partial charge in [0.25, 0.3) is 0 Å². The van der Waals surface area contributed by atoms with Gasteiger partial charge in [-0.1, -0.05) is 6.07 Å². The highest BCUT2D eigenvalue weighted by atomic mass is 19.1. The van der Waals surface area contributed by atoms with Gasteiger partial charge in [0, 0.05) is 48.9 Å². The molecule has 1 saturated heterocycles. The second-order valence-electron chi connectivity index (χ2n) is 7.47. The average molecular weight is 400 g/mol. The largest absolute Gasteiger partial charge is 0.383 e. The van der Waals surface area contributed by atoms with E-state index < -0.39 is 0 Å². The zero-order chi connectivity index (χ0) is 20.6. The van der Waals surface area contributed by atoms with Crippen molar-refractivity contribution in [2.75, 3.05) is 45.2 Å². The topological polar surface area (TPSA) is 66.5 Å². The predicted molar refractivity (Wildman–Crippen MR) is 112 cm³/mol. The number of hydrogen-bond acceptors (Lipinski definition) is 5. The molecule has 2 N–H and O–H groups in total. The van der Waals surface area contributed by atoms with Gasteiger partial charge in [-0.05, 0) is 56.6 Å². The third-order valence-electron chi connectivity index (χ3n) is 5.01. The van der Waals surface area contributed by atoms with E-state index in [9.17, 15) is 9.18 Å². The van der Waals surface area contributed by atoms with E-state index in [0.717, 1.165) is 43.0 Å². The van der Waals surface area contributed by atoms with Crippen LogP contribution in [0.4, 0.5) is 15.8 Å². The number of carbonyl (C=O) groups is 1. The fourth-order valence-electron chi connectivity index (χ4n) is 3.70. The van der Waals surface area contributed by atoms with Crippen LogP contribution in [-0.2, 0) is 9.53 Å². The molecule has 1 aliphatic rings. The van der Waals surface area contributed by atoms with Crippen molar-refractivity contribution < 1.29 is 13.9 Å². The van der Waals surface area contributed by atoms with Gasteiger partial charge in [0.2, 0.25) is 5.91 Å². The fraction of sp³-hybridized carbons (Fsp3) is 0.455. The zero-order valence-corrected chi connectivity index (χ0v) is 17.1. The van der Waals surface area contributed by atoms with Gasteiger partial charge in [-0.25, -0.2) is 4.39 Å². The molecule has 2 heterocycles. The molecular weight excluding hydrogens is 371 g/mol. The minimum Gasteiger partial charge on any atom is -0.383 e. The molecule has 1 aromatic carbocycles. The quantitative estimate of drug-likeness (QED) is 0.666. The standard InChI is InChI=1S/C22H29FN4O2/c1-16-11-20(26-19-7-3-6-18(23)12-19)13-21(25-16)17-5-4-9-27(14-17)15-22(28)24-8-10-29-2/h3,6-7,11-13,17H,4-5,8-10,14-15H2,1-2H3,(H,24,28)(H,25,26). The Morgan fingerprint density at radius 3 is 2.97 bits per heavy atom. The first kappa shape index (κ1) is 21.2. The molecule has 6 nitrogen and oxygen atoms in total. The Balaban J connectivity index is 1.64. The summed E-state index contributed by atoms with van der Waals surface area (Å²) in [6, 6.07) is 10.4. The SMILES string of the molecule is COCCNC(=O)CN1CCCC(c2cc(Nc3cccc(F)c3)cc(C)n2)C1. The van der Waals surface area contributed by atoms with E-state index in [1.165, 1.54) is 12.1 Å². The van der Waals surface area contributed by atoms with E-state index in [2.05, 4.69) is 15.5 Å². The number of anilines is 2. The summed E-state index contributed by atoms with van der Waals surface area (Å²) < 4.78 is 18.4. The first-order chi connectivity index (χ1) is 14.0. The van der Waals surface area contributed by atoms with Crippen molar-refractivity contribution in [1.82, 2.24) is 15.2 Å². The molecule has 0 aliphatic carbocycles. The number of likely N-dealkylation sites (tertiary alicyclic amines) is 1. The number of methoxy groups -OCH3 is 1. The van der Waals surface area contributed by atoms with E-state index in [-0.39, 0.29) is 17.6 Å². The molecule has 0 saturated carbocycles. The number of benzene rings is 1. The summed E-state index contributed by atoms with van der Waals surface area (Å²) in [7, 11) is 1.62. The maximum absolute atomic E-state index is 13.5. The maximum atomic E-state index is 13.5. The average Bonchev–Trinajstić information content (AvgIpc) is 2.68. The lowest BCUT2D eigenvalue weighted by molar-refractivity contribution is -0.122. The van der Waals surface area contributed by atoms with Gasteiger partial charge in [-0.3, -0.25) is 14.7 Å². The Labute approximate surface area is 171 Å². The number of aromatic nitrogens is 1. The molecule has 1 aromatic heterocycles. The fourth-order valence-corrected chi connectivity index (χ4v) is 3.70. The van der Waals surface area contributed by atoms with Gasteiger partial charge in [-0.2, -0.15) is 0 Å². The van der Waals surface area contributed by atoms with Gasteiger partial charge in [0.15, 0.2) is 0 Å². The van der Waals surface area contributed by atoms with E-state index in [4.69, 9.17) is 9.72 Å². The van der Waals surface area contributed by atoms with Gasteiger partial charge in [0.05, 0.1) is 13.2 Å². The lowest BCUT2D eigenvalue weighted by Gasteiger charge is -2.32. The van der Waals surface area contributed by atoms with Crippen LogP contribution in [-0.4, -0.2) is 55.7 Å². The van der Waals surface area contributed by atoms with Crippen LogP contribution in [0.2, 0.25) is 0 Å². The molecule has 7 heteroatoms. The molecule has 0 bridgehead atoms. The minimum atomic E-state index is -0.271. The summed E-state index contributed by atoms with van der Waals surface area (Å²) >= 11 is 0. The second-order valence-corrected chi connectivity index (χ2v) is 7.47. The summed E-state index contributed by atoms with van der Waals surface area (Å²) in [5, 5.41) is 6.14. The van der Waals surface area contributed by atoms with Crippen LogP contribution in [0, 0.1) is 12.7 Å². The van der Waals surface area contributed by atoms with Crippen molar-refractivity contribution in [3.8, 4) is 0 Å². The molecule has 1 atom stereocenters. The van der Waals surface area contributed by atoms with E-state index in [1.807, 2.05) is 25.1 Å². The Kier molecular flexibility index (Phi) is 7.55. The molecule has 3 rings (SSSR count). The monoisotopic (exact) mass is 400 g/mol. The molecule has 1 unspecified atom stereocenters. The molecule has 29 heavy (non-hydrogen) atoms. The molecule has 1 fully saturated rings. The van der Waals surface area contributed by atoms with Gasteiger partial charge >= 0.3 is 0 Å². The number of nitrogens with zero attached hydrogens (tertiary/aromatic N) is 2. The molecule has 0 radical (unpaired) electrons. The Bertz CT molecular complexity index is 830. The molecule has 0 spiro atoms. The van der Waals surface area contributed by atoms with Crippen molar-refractivity contribution in [2.45, 2.75) is 25.7 Å². The van der Waals surface area contributed by atoms with Crippen LogP contribution in [0.1, 0.15) is 30.1 Å². The van der Waals surface area contributed by atoms with Crippen LogP contribution >= 0.6 is 0 Å². The van der Waals surface area contributed by atoms with E-state index >= 15 is 0 Å². The first-order valence-corrected chi connectivity index (χ1v) is 10.0. The van der Waals surface area contributed by atoms with Crippen LogP contribution in [0.5, 0.6) is 0 Å². The lowest BCUT2D eigenvalue weighted by Crippen LogP contribution is -2.42. The highest BCUT2D eigenvalue weighted by molar-refractivity contribution is 5.78. The summed E-state index contributed by atoms with van der Waals surface area (Å²) in [5.41, 5.74) is 3.52. The van der Waals surface area contributed by atoms with Crippen molar-refractivity contribution in [2.24, 2.45) is 0 Å². The van der Waals surface area contributed by atoms with E-state index in [1.54, 1.807) is 13.2 Å². The number of rotatable bonds is 8. The molecule has 1 aliphatic heterocycles. The van der Waals surface area contributed by atoms with Crippen LogP contribution in [0.15, 0.2) is 36.4 Å². The lowest BCUT2D eigenvalue weighted by atomic mass is 9.93. The highest BCUT2D eigenvalue weighted by Gasteiger charge is 2.24. The van der Waals surface area contributed by atoms with Gasteiger partial charge < -0.3 is 15.4 Å². The van der Waals surface area contributed by atoms with E-state index in [0.29, 0.717) is 25.4 Å². The van der Waals surface area contributed by atoms with Crippen molar-refractivity contribution in [1.29, 1.82) is 0 Å². The number of carbonyl (C=O) groups excluding carboxylic acids is 1. The highest BCUT2D eigenvalue weighted by Crippen LogP contribution is 2.28. The number of piperidine rings is 1. The molecule has 156 valence electrons. The van der Waals surface area contributed by atoms with Crippen LogP contribution in [0.3, 0.4) is 0 Å². The second kappa shape index (κ2) is 10.3. The first-order valence-electron chi connectivity index (χ1n) is 10.0. The summed E-state index contributed by atoms with van der Waals surface area (Å²) in [4.78, 5) is 19.0. The summed E-state index contributed by atoms with van der Waals surface area (Å²) in [6.45, 7) is 5.11. The van der Waals surface area contributed by atoms with Gasteiger partial charge in [0.1, 0.15) is 5.82 Å².